The van der Waals surface area contributed by atoms with Crippen molar-refractivity contribution < 1.29 is 14.3 Å². The second kappa shape index (κ2) is 7.00. The predicted octanol–water partition coefficient (Wildman–Crippen LogP) is 3.57. The first-order valence-electron chi connectivity index (χ1n) is 7.58. The molecule has 0 unspecified atom stereocenters. The van der Waals surface area contributed by atoms with Crippen LogP contribution in [0.3, 0.4) is 0 Å². The van der Waals surface area contributed by atoms with Gasteiger partial charge < -0.3 is 14.8 Å². The first-order chi connectivity index (χ1) is 11.7. The molecule has 1 aromatic heterocycles. The lowest BCUT2D eigenvalue weighted by atomic mass is 10.1. The van der Waals surface area contributed by atoms with Crippen molar-refractivity contribution in [3.8, 4) is 11.5 Å². The first kappa shape index (κ1) is 15.8. The minimum absolute atomic E-state index is 0.0675. The zero-order chi connectivity index (χ0) is 16.9. The summed E-state index contributed by atoms with van der Waals surface area (Å²) in [5.74, 6) is 1.13. The highest BCUT2D eigenvalue weighted by molar-refractivity contribution is 6.02. The van der Waals surface area contributed by atoms with Crippen LogP contribution in [0.15, 0.2) is 54.7 Å². The highest BCUT2D eigenvalue weighted by Gasteiger charge is 2.08. The lowest BCUT2D eigenvalue weighted by Gasteiger charge is -2.10. The van der Waals surface area contributed by atoms with Gasteiger partial charge in [0.25, 0.3) is 5.91 Å². The summed E-state index contributed by atoms with van der Waals surface area (Å²) >= 11 is 0. The number of hydrogen-bond donors (Lipinski definition) is 1. The third-order valence-corrected chi connectivity index (χ3v) is 3.68. The second-order valence-electron chi connectivity index (χ2n) is 5.34. The number of hydrogen-bond acceptors (Lipinski definition) is 4. The van der Waals surface area contributed by atoms with Gasteiger partial charge in [-0.25, -0.2) is 0 Å². The standard InChI is InChI=1S/C19H18N2O3/c1-13-4-3-5-16-17(10-11-20-19(13)16)21-18(22)12-24-15-8-6-14(23-2)7-9-15/h3-11H,12H2,1-2H3,(H,20,21,22). The van der Waals surface area contributed by atoms with E-state index in [1.807, 2.05) is 25.1 Å². The molecule has 0 aliphatic carbocycles. The van der Waals surface area contributed by atoms with E-state index in [0.29, 0.717) is 5.75 Å². The van der Waals surface area contributed by atoms with Crippen LogP contribution < -0.4 is 14.8 Å². The number of carbonyl (C=O) groups is 1. The Kier molecular flexibility index (Phi) is 4.61. The molecule has 0 bridgehead atoms. The topological polar surface area (TPSA) is 60.5 Å². The molecule has 3 rings (SSSR count). The van der Waals surface area contributed by atoms with E-state index < -0.39 is 0 Å². The first-order valence-corrected chi connectivity index (χ1v) is 7.58. The molecule has 122 valence electrons. The number of nitrogens with one attached hydrogen (secondary N) is 1. The number of benzene rings is 2. The fourth-order valence-electron chi connectivity index (χ4n) is 2.44. The lowest BCUT2D eigenvalue weighted by Crippen LogP contribution is -2.20. The Morgan fingerprint density at radius 1 is 1.08 bits per heavy atom. The molecule has 1 N–H and O–H groups in total. The number of methoxy groups -OCH3 is 1. The van der Waals surface area contributed by atoms with Crippen molar-refractivity contribution in [1.82, 2.24) is 4.98 Å². The molecule has 2 aromatic carbocycles. The highest BCUT2D eigenvalue weighted by atomic mass is 16.5. The molecule has 5 nitrogen and oxygen atoms in total. The van der Waals surface area contributed by atoms with Crippen LogP contribution >= 0.6 is 0 Å². The van der Waals surface area contributed by atoms with E-state index in [-0.39, 0.29) is 12.5 Å². The van der Waals surface area contributed by atoms with Gasteiger partial charge in [-0.1, -0.05) is 18.2 Å². The van der Waals surface area contributed by atoms with Crippen LogP contribution in [0.4, 0.5) is 5.69 Å². The zero-order valence-electron chi connectivity index (χ0n) is 13.6. The fraction of sp³-hybridized carbons (Fsp3) is 0.158. The second-order valence-corrected chi connectivity index (χ2v) is 5.34. The van der Waals surface area contributed by atoms with Gasteiger partial charge in [0.1, 0.15) is 11.5 Å². The molecule has 0 saturated heterocycles. The number of ether oxygens (including phenoxy) is 2. The van der Waals surface area contributed by atoms with E-state index in [1.54, 1.807) is 43.6 Å². The van der Waals surface area contributed by atoms with Crippen LogP contribution in [-0.4, -0.2) is 24.6 Å². The molecule has 0 spiro atoms. The lowest BCUT2D eigenvalue weighted by molar-refractivity contribution is -0.118. The Morgan fingerprint density at radius 3 is 2.58 bits per heavy atom. The summed E-state index contributed by atoms with van der Waals surface area (Å²) in [7, 11) is 1.60. The summed E-state index contributed by atoms with van der Waals surface area (Å²) in [6.07, 6.45) is 1.69. The van der Waals surface area contributed by atoms with E-state index in [0.717, 1.165) is 27.9 Å². The Hall–Kier alpha value is -3.08. The number of para-hydroxylation sites is 1. The monoisotopic (exact) mass is 322 g/mol. The minimum Gasteiger partial charge on any atom is -0.497 e. The fourth-order valence-corrected chi connectivity index (χ4v) is 2.44. The van der Waals surface area contributed by atoms with Gasteiger partial charge in [0.15, 0.2) is 6.61 Å². The highest BCUT2D eigenvalue weighted by Crippen LogP contribution is 2.23. The predicted molar refractivity (Wildman–Crippen MR) is 93.6 cm³/mol. The average Bonchev–Trinajstić information content (AvgIpc) is 2.61. The van der Waals surface area contributed by atoms with E-state index >= 15 is 0 Å². The van der Waals surface area contributed by atoms with Crippen molar-refractivity contribution in [3.05, 3.63) is 60.3 Å². The SMILES string of the molecule is COc1ccc(OCC(=O)Nc2ccnc3c(C)cccc23)cc1. The zero-order valence-corrected chi connectivity index (χ0v) is 13.6. The van der Waals surface area contributed by atoms with E-state index in [4.69, 9.17) is 9.47 Å². The third kappa shape index (κ3) is 3.46. The number of amides is 1. The number of fused-ring (bicyclic) bond motifs is 1. The summed E-state index contributed by atoms with van der Waals surface area (Å²) in [6, 6.07) is 14.8. The van der Waals surface area contributed by atoms with E-state index in [9.17, 15) is 4.79 Å². The van der Waals surface area contributed by atoms with E-state index in [2.05, 4.69) is 10.3 Å². The molecular formula is C19H18N2O3. The molecule has 0 radical (unpaired) electrons. The number of pyridine rings is 1. The van der Waals surface area contributed by atoms with Crippen LogP contribution in [0.2, 0.25) is 0 Å². The molecule has 1 amide bonds. The molecule has 0 atom stereocenters. The molecule has 0 aliphatic heterocycles. The molecule has 3 aromatic rings. The minimum atomic E-state index is -0.222. The molecule has 0 aliphatic rings. The van der Waals surface area contributed by atoms with Crippen LogP contribution in [0, 0.1) is 6.92 Å². The van der Waals surface area contributed by atoms with Gasteiger partial charge in [-0.3, -0.25) is 9.78 Å². The quantitative estimate of drug-likeness (QED) is 0.780. The van der Waals surface area contributed by atoms with Crippen molar-refractivity contribution in [2.45, 2.75) is 6.92 Å². The molecular weight excluding hydrogens is 304 g/mol. The maximum atomic E-state index is 12.2. The normalized spacial score (nSPS) is 10.4. The van der Waals surface area contributed by atoms with Crippen LogP contribution in [-0.2, 0) is 4.79 Å². The number of rotatable bonds is 5. The summed E-state index contributed by atoms with van der Waals surface area (Å²) in [5, 5.41) is 3.79. The number of aromatic nitrogens is 1. The van der Waals surface area contributed by atoms with Gasteiger partial charge >= 0.3 is 0 Å². The van der Waals surface area contributed by atoms with Crippen LogP contribution in [0.1, 0.15) is 5.56 Å². The largest absolute Gasteiger partial charge is 0.497 e. The maximum Gasteiger partial charge on any atom is 0.262 e. The summed E-state index contributed by atoms with van der Waals surface area (Å²) in [6.45, 7) is 1.93. The Labute approximate surface area is 140 Å². The van der Waals surface area contributed by atoms with Crippen molar-refractivity contribution >= 4 is 22.5 Å². The van der Waals surface area contributed by atoms with Gasteiger partial charge in [0, 0.05) is 11.6 Å². The van der Waals surface area contributed by atoms with Gasteiger partial charge in [-0.2, -0.15) is 0 Å². The Balaban J connectivity index is 1.67. The van der Waals surface area contributed by atoms with Gasteiger partial charge in [0.2, 0.25) is 0 Å². The summed E-state index contributed by atoms with van der Waals surface area (Å²) in [5.41, 5.74) is 2.68. The van der Waals surface area contributed by atoms with Crippen molar-refractivity contribution in [1.29, 1.82) is 0 Å². The molecule has 1 heterocycles. The van der Waals surface area contributed by atoms with Crippen molar-refractivity contribution in [3.63, 3.8) is 0 Å². The van der Waals surface area contributed by atoms with E-state index in [1.165, 1.54) is 0 Å². The Bertz CT molecular complexity index is 860. The summed E-state index contributed by atoms with van der Waals surface area (Å²) in [4.78, 5) is 16.5. The number of anilines is 1. The average molecular weight is 322 g/mol. The number of carbonyl (C=O) groups excluding carboxylic acids is 1. The van der Waals surface area contributed by atoms with Gasteiger partial charge in [-0.05, 0) is 42.8 Å². The molecule has 24 heavy (non-hydrogen) atoms. The molecule has 0 saturated carbocycles. The van der Waals surface area contributed by atoms with Crippen LogP contribution in [0.25, 0.3) is 10.9 Å². The maximum absolute atomic E-state index is 12.2. The van der Waals surface area contributed by atoms with Crippen molar-refractivity contribution in [2.75, 3.05) is 19.0 Å². The third-order valence-electron chi connectivity index (χ3n) is 3.68. The van der Waals surface area contributed by atoms with Crippen LogP contribution in [0.5, 0.6) is 11.5 Å². The Morgan fingerprint density at radius 2 is 1.83 bits per heavy atom. The number of aryl methyl sites for hydroxylation is 1. The van der Waals surface area contributed by atoms with Crippen molar-refractivity contribution in [2.24, 2.45) is 0 Å². The smallest absolute Gasteiger partial charge is 0.262 e. The van der Waals surface area contributed by atoms with Gasteiger partial charge in [-0.15, -0.1) is 0 Å². The molecule has 0 fully saturated rings. The van der Waals surface area contributed by atoms with Gasteiger partial charge in [0.05, 0.1) is 18.3 Å². The summed E-state index contributed by atoms with van der Waals surface area (Å²) < 4.78 is 10.6. The number of nitrogens with zero attached hydrogens (tertiary/aromatic N) is 1. The molecule has 5 heteroatoms.